The number of hydrogen-bond donors (Lipinski definition) is 1. The van der Waals surface area contributed by atoms with Crippen molar-refractivity contribution >= 4 is 11.9 Å². The van der Waals surface area contributed by atoms with Crippen LogP contribution in [0.15, 0.2) is 10.8 Å². The second-order valence-electron chi connectivity index (χ2n) is 4.22. The molecule has 1 unspecified atom stereocenters. The van der Waals surface area contributed by atoms with Gasteiger partial charge in [-0.3, -0.25) is 4.79 Å². The Morgan fingerprint density at radius 1 is 1.67 bits per heavy atom. The van der Waals surface area contributed by atoms with E-state index in [9.17, 15) is 14.0 Å². The molecule has 2 heterocycles. The van der Waals surface area contributed by atoms with E-state index in [4.69, 9.17) is 9.52 Å². The van der Waals surface area contributed by atoms with Gasteiger partial charge in [-0.15, -0.1) is 0 Å². The molecule has 1 fully saturated rings. The topological polar surface area (TPSA) is 83.6 Å². The summed E-state index contributed by atoms with van der Waals surface area (Å²) < 4.78 is 18.9. The minimum atomic E-state index is -2.36. The van der Waals surface area contributed by atoms with Crippen molar-refractivity contribution in [3.63, 3.8) is 0 Å². The summed E-state index contributed by atoms with van der Waals surface area (Å²) >= 11 is 0. The Labute approximate surface area is 102 Å². The van der Waals surface area contributed by atoms with Crippen LogP contribution in [0.3, 0.4) is 0 Å². The molecule has 18 heavy (non-hydrogen) atoms. The molecule has 1 aromatic heterocycles. The van der Waals surface area contributed by atoms with E-state index in [0.717, 1.165) is 11.3 Å². The molecule has 1 saturated heterocycles. The van der Waals surface area contributed by atoms with Gasteiger partial charge < -0.3 is 14.4 Å². The minimum absolute atomic E-state index is 0.0671. The van der Waals surface area contributed by atoms with E-state index in [1.54, 1.807) is 6.92 Å². The number of nitrogens with zero attached hydrogens (tertiary/aromatic N) is 2. The second kappa shape index (κ2) is 4.40. The van der Waals surface area contributed by atoms with E-state index < -0.39 is 24.1 Å². The first-order valence-corrected chi connectivity index (χ1v) is 5.62. The maximum absolute atomic E-state index is 13.8. The number of carboxylic acids is 1. The highest BCUT2D eigenvalue weighted by Gasteiger charge is 2.47. The maximum Gasteiger partial charge on any atom is 0.343 e. The smallest absolute Gasteiger partial charge is 0.343 e. The van der Waals surface area contributed by atoms with Crippen LogP contribution in [0.4, 0.5) is 4.39 Å². The first-order chi connectivity index (χ1) is 8.48. The molecule has 1 N–H and O–H groups in total. The fourth-order valence-electron chi connectivity index (χ4n) is 1.97. The quantitative estimate of drug-likeness (QED) is 0.867. The molecule has 2 rings (SSSR count). The van der Waals surface area contributed by atoms with Crippen molar-refractivity contribution in [1.82, 2.24) is 9.88 Å². The number of halogens is 1. The summed E-state index contributed by atoms with van der Waals surface area (Å²) in [6, 6.07) is 0. The highest BCUT2D eigenvalue weighted by molar-refractivity contribution is 5.94. The van der Waals surface area contributed by atoms with E-state index in [0.29, 0.717) is 12.2 Å². The largest absolute Gasteiger partial charge is 0.479 e. The Hall–Kier alpha value is -1.92. The van der Waals surface area contributed by atoms with Crippen LogP contribution in [-0.2, 0) is 11.2 Å². The maximum atomic E-state index is 13.8. The average molecular weight is 256 g/mol. The molecule has 0 radical (unpaired) electrons. The van der Waals surface area contributed by atoms with Crippen LogP contribution >= 0.6 is 0 Å². The molecule has 1 amide bonds. The van der Waals surface area contributed by atoms with Crippen LogP contribution in [0.1, 0.15) is 29.6 Å². The van der Waals surface area contributed by atoms with E-state index in [-0.39, 0.29) is 18.7 Å². The summed E-state index contributed by atoms with van der Waals surface area (Å²) in [7, 11) is 0. The fourth-order valence-corrected chi connectivity index (χ4v) is 1.97. The van der Waals surface area contributed by atoms with Gasteiger partial charge >= 0.3 is 5.97 Å². The van der Waals surface area contributed by atoms with Crippen molar-refractivity contribution in [3.05, 3.63) is 17.8 Å². The lowest BCUT2D eigenvalue weighted by Crippen LogP contribution is -2.39. The lowest BCUT2D eigenvalue weighted by Gasteiger charge is -2.16. The number of aliphatic carboxylic acids is 1. The highest BCUT2D eigenvalue weighted by Crippen LogP contribution is 2.27. The number of rotatable bonds is 3. The van der Waals surface area contributed by atoms with Crippen LogP contribution in [0.25, 0.3) is 0 Å². The monoisotopic (exact) mass is 256 g/mol. The van der Waals surface area contributed by atoms with Crippen molar-refractivity contribution < 1.29 is 23.5 Å². The Kier molecular flexibility index (Phi) is 3.06. The third-order valence-electron chi connectivity index (χ3n) is 3.05. The van der Waals surface area contributed by atoms with Gasteiger partial charge in [0.05, 0.1) is 6.54 Å². The van der Waals surface area contributed by atoms with Gasteiger partial charge in [0.15, 0.2) is 12.1 Å². The van der Waals surface area contributed by atoms with Crippen LogP contribution in [0.5, 0.6) is 0 Å². The summed E-state index contributed by atoms with van der Waals surface area (Å²) in [6.45, 7) is 1.42. The molecule has 7 heteroatoms. The average Bonchev–Trinajstić information content (AvgIpc) is 2.94. The van der Waals surface area contributed by atoms with Crippen LogP contribution in [0, 0.1) is 0 Å². The zero-order chi connectivity index (χ0) is 13.3. The zero-order valence-corrected chi connectivity index (χ0v) is 9.85. The highest BCUT2D eigenvalue weighted by atomic mass is 19.1. The number of carbonyl (C=O) groups is 2. The molecule has 0 saturated carbocycles. The van der Waals surface area contributed by atoms with Gasteiger partial charge in [-0.1, -0.05) is 6.92 Å². The van der Waals surface area contributed by atoms with Gasteiger partial charge in [0.25, 0.3) is 5.91 Å². The van der Waals surface area contributed by atoms with Crippen molar-refractivity contribution in [1.29, 1.82) is 0 Å². The number of hydrogen-bond acceptors (Lipinski definition) is 4. The fraction of sp³-hybridized carbons (Fsp3) is 0.545. The van der Waals surface area contributed by atoms with Crippen molar-refractivity contribution in [2.45, 2.75) is 25.4 Å². The summed E-state index contributed by atoms with van der Waals surface area (Å²) in [5, 5.41) is 8.76. The molecule has 1 aliphatic rings. The SMILES string of the molecule is CCc1ocnc1C(=O)N1CCC(F)(C(=O)O)C1. The van der Waals surface area contributed by atoms with Gasteiger partial charge in [-0.2, -0.15) is 0 Å². The number of aryl methyl sites for hydroxylation is 1. The summed E-state index contributed by atoms with van der Waals surface area (Å²) in [5.74, 6) is -1.60. The Balaban J connectivity index is 2.15. The van der Waals surface area contributed by atoms with E-state index >= 15 is 0 Å². The van der Waals surface area contributed by atoms with Gasteiger partial charge in [0.1, 0.15) is 5.76 Å². The van der Waals surface area contributed by atoms with Gasteiger partial charge in [-0.25, -0.2) is 14.2 Å². The third-order valence-corrected chi connectivity index (χ3v) is 3.05. The van der Waals surface area contributed by atoms with E-state index in [2.05, 4.69) is 4.98 Å². The first kappa shape index (κ1) is 12.5. The molecular weight excluding hydrogens is 243 g/mol. The Morgan fingerprint density at radius 3 is 2.94 bits per heavy atom. The predicted octanol–water partition coefficient (Wildman–Crippen LogP) is 0.876. The van der Waals surface area contributed by atoms with Gasteiger partial charge in [-0.05, 0) is 0 Å². The zero-order valence-electron chi connectivity index (χ0n) is 9.85. The molecule has 6 nitrogen and oxygen atoms in total. The van der Waals surface area contributed by atoms with Crippen molar-refractivity contribution in [2.75, 3.05) is 13.1 Å². The molecule has 1 aromatic rings. The second-order valence-corrected chi connectivity index (χ2v) is 4.22. The number of carboxylic acid groups (broad SMARTS) is 1. The molecule has 1 atom stereocenters. The van der Waals surface area contributed by atoms with Crippen molar-refractivity contribution in [3.8, 4) is 0 Å². The lowest BCUT2D eigenvalue weighted by molar-refractivity contribution is -0.149. The summed E-state index contributed by atoms with van der Waals surface area (Å²) in [4.78, 5) is 27.8. The van der Waals surface area contributed by atoms with Crippen LogP contribution in [0.2, 0.25) is 0 Å². The Morgan fingerprint density at radius 2 is 2.39 bits per heavy atom. The van der Waals surface area contributed by atoms with Crippen molar-refractivity contribution in [2.24, 2.45) is 0 Å². The number of carbonyl (C=O) groups excluding carboxylic acids is 1. The molecule has 0 aromatic carbocycles. The minimum Gasteiger partial charge on any atom is -0.479 e. The molecule has 0 bridgehead atoms. The first-order valence-electron chi connectivity index (χ1n) is 5.62. The van der Waals surface area contributed by atoms with E-state index in [1.807, 2.05) is 0 Å². The molecular formula is C11H13FN2O4. The number of amides is 1. The molecule has 0 spiro atoms. The molecule has 0 aliphatic carbocycles. The number of alkyl halides is 1. The standard InChI is InChI=1S/C11H13FN2O4/c1-2-7-8(13-6-18-7)9(15)14-4-3-11(12,5-14)10(16)17/h6H,2-5H2,1H3,(H,16,17). The summed E-state index contributed by atoms with van der Waals surface area (Å²) in [5.41, 5.74) is -2.22. The Bertz CT molecular complexity index is 487. The van der Waals surface area contributed by atoms with Crippen LogP contribution < -0.4 is 0 Å². The molecule has 1 aliphatic heterocycles. The number of aromatic nitrogens is 1. The van der Waals surface area contributed by atoms with Crippen LogP contribution in [-0.4, -0.2) is 45.6 Å². The van der Waals surface area contributed by atoms with Gasteiger partial charge in [0.2, 0.25) is 5.67 Å². The number of likely N-dealkylation sites (tertiary alicyclic amines) is 1. The number of oxazole rings is 1. The normalized spacial score (nSPS) is 23.3. The summed E-state index contributed by atoms with van der Waals surface area (Å²) in [6.07, 6.45) is 1.45. The van der Waals surface area contributed by atoms with Gasteiger partial charge in [0, 0.05) is 19.4 Å². The van der Waals surface area contributed by atoms with E-state index in [1.165, 1.54) is 0 Å². The lowest BCUT2D eigenvalue weighted by atomic mass is 10.1. The molecule has 98 valence electrons. The predicted molar refractivity (Wildman–Crippen MR) is 57.9 cm³/mol. The third kappa shape index (κ3) is 1.96.